The van der Waals surface area contributed by atoms with E-state index in [0.29, 0.717) is 6.54 Å². The van der Waals surface area contributed by atoms with Crippen LogP contribution in [0.25, 0.3) is 0 Å². The quantitative estimate of drug-likeness (QED) is 0.898. The van der Waals surface area contributed by atoms with Gasteiger partial charge in [-0.3, -0.25) is 14.7 Å². The van der Waals surface area contributed by atoms with Gasteiger partial charge in [-0.15, -0.1) is 0 Å². The maximum Gasteiger partial charge on any atom is 0.226 e. The molecule has 4 rings (SSSR count). The van der Waals surface area contributed by atoms with E-state index in [1.54, 1.807) is 12.4 Å². The van der Waals surface area contributed by atoms with Gasteiger partial charge in [0.1, 0.15) is 0 Å². The fourth-order valence-corrected chi connectivity index (χ4v) is 3.92. The molecule has 26 heavy (non-hydrogen) atoms. The molecule has 0 spiro atoms. The molecule has 136 valence electrons. The highest BCUT2D eigenvalue weighted by Crippen LogP contribution is 2.32. The Morgan fingerprint density at radius 3 is 2.85 bits per heavy atom. The first kappa shape index (κ1) is 17.2. The Balaban J connectivity index is 1.33. The SMILES string of the molecule is Cc1ccc(CN2C[C@@H]3C[C@H](C(=O)NCc4cccnc4)[C@H](C2)O3)cc1. The van der Waals surface area contributed by atoms with Gasteiger partial charge in [-0.05, 0) is 30.5 Å². The number of ether oxygens (including phenoxy) is 1. The number of aromatic nitrogens is 1. The Bertz CT molecular complexity index is 748. The number of carbonyl (C=O) groups excluding carboxylic acids is 1. The summed E-state index contributed by atoms with van der Waals surface area (Å²) in [4.78, 5) is 19.1. The number of benzene rings is 1. The van der Waals surface area contributed by atoms with Crippen molar-refractivity contribution < 1.29 is 9.53 Å². The van der Waals surface area contributed by atoms with Crippen LogP contribution in [0.2, 0.25) is 0 Å². The lowest BCUT2D eigenvalue weighted by Crippen LogP contribution is -2.44. The van der Waals surface area contributed by atoms with E-state index >= 15 is 0 Å². The van der Waals surface area contributed by atoms with Gasteiger partial charge in [0.15, 0.2) is 0 Å². The number of pyridine rings is 1. The molecule has 0 saturated carbocycles. The van der Waals surface area contributed by atoms with E-state index in [1.165, 1.54) is 11.1 Å². The normalized spacial score (nSPS) is 25.2. The summed E-state index contributed by atoms with van der Waals surface area (Å²) < 4.78 is 6.06. The number of hydrogen-bond acceptors (Lipinski definition) is 4. The van der Waals surface area contributed by atoms with Crippen LogP contribution in [0.4, 0.5) is 0 Å². The van der Waals surface area contributed by atoms with Crippen LogP contribution >= 0.6 is 0 Å². The molecule has 2 aromatic rings. The number of carbonyl (C=O) groups is 1. The number of likely N-dealkylation sites (tertiary alicyclic amines) is 1. The zero-order valence-electron chi connectivity index (χ0n) is 15.1. The molecule has 1 aromatic heterocycles. The van der Waals surface area contributed by atoms with Gasteiger partial charge in [0.25, 0.3) is 0 Å². The second kappa shape index (κ2) is 7.56. The Kier molecular flexibility index (Phi) is 5.00. The third-order valence-electron chi connectivity index (χ3n) is 5.29. The highest BCUT2D eigenvalue weighted by atomic mass is 16.5. The molecule has 2 bridgehead atoms. The van der Waals surface area contributed by atoms with Crippen molar-refractivity contribution in [1.29, 1.82) is 0 Å². The fraction of sp³-hybridized carbons (Fsp3) is 0.429. The summed E-state index contributed by atoms with van der Waals surface area (Å²) in [5.41, 5.74) is 3.61. The minimum absolute atomic E-state index is 0.00639. The predicted molar refractivity (Wildman–Crippen MR) is 99.3 cm³/mol. The maximum atomic E-state index is 12.6. The van der Waals surface area contributed by atoms with E-state index in [4.69, 9.17) is 4.74 Å². The van der Waals surface area contributed by atoms with Crippen molar-refractivity contribution in [2.24, 2.45) is 5.92 Å². The van der Waals surface area contributed by atoms with Gasteiger partial charge >= 0.3 is 0 Å². The van der Waals surface area contributed by atoms with E-state index in [9.17, 15) is 4.79 Å². The Labute approximate surface area is 154 Å². The van der Waals surface area contributed by atoms with E-state index < -0.39 is 0 Å². The first-order chi connectivity index (χ1) is 12.7. The topological polar surface area (TPSA) is 54.5 Å². The predicted octanol–water partition coefficient (Wildman–Crippen LogP) is 2.30. The fourth-order valence-electron chi connectivity index (χ4n) is 3.92. The first-order valence-electron chi connectivity index (χ1n) is 9.27. The zero-order valence-corrected chi connectivity index (χ0v) is 15.1. The molecule has 2 aliphatic heterocycles. The molecule has 2 fully saturated rings. The van der Waals surface area contributed by atoms with Crippen LogP contribution in [0.3, 0.4) is 0 Å². The number of hydrogen-bond donors (Lipinski definition) is 1. The van der Waals surface area contributed by atoms with Gasteiger partial charge < -0.3 is 10.1 Å². The van der Waals surface area contributed by atoms with Crippen LogP contribution in [0.15, 0.2) is 48.8 Å². The molecule has 3 atom stereocenters. The molecule has 1 amide bonds. The molecule has 2 saturated heterocycles. The van der Waals surface area contributed by atoms with Crippen molar-refractivity contribution in [3.05, 3.63) is 65.5 Å². The van der Waals surface area contributed by atoms with Crippen LogP contribution < -0.4 is 5.32 Å². The van der Waals surface area contributed by atoms with Crippen LogP contribution in [0.5, 0.6) is 0 Å². The average Bonchev–Trinajstić information content (AvgIpc) is 2.97. The second-order valence-electron chi connectivity index (χ2n) is 7.40. The summed E-state index contributed by atoms with van der Waals surface area (Å²) >= 11 is 0. The summed E-state index contributed by atoms with van der Waals surface area (Å²) in [5.74, 6) is 0.0400. The third kappa shape index (κ3) is 3.94. The molecule has 5 heteroatoms. The largest absolute Gasteiger partial charge is 0.371 e. The molecular formula is C21H25N3O2. The molecule has 0 aliphatic carbocycles. The monoisotopic (exact) mass is 351 g/mol. The molecule has 3 heterocycles. The number of aryl methyl sites for hydroxylation is 1. The summed E-state index contributed by atoms with van der Waals surface area (Å²) in [5, 5.41) is 3.05. The second-order valence-corrected chi connectivity index (χ2v) is 7.40. The van der Waals surface area contributed by atoms with E-state index in [0.717, 1.165) is 31.6 Å². The van der Waals surface area contributed by atoms with Crippen molar-refractivity contribution in [3.63, 3.8) is 0 Å². The van der Waals surface area contributed by atoms with Crippen molar-refractivity contribution in [2.45, 2.75) is 38.6 Å². The minimum Gasteiger partial charge on any atom is -0.371 e. The Morgan fingerprint density at radius 1 is 1.23 bits per heavy atom. The number of amides is 1. The molecule has 0 unspecified atom stereocenters. The number of nitrogens with one attached hydrogen (secondary N) is 1. The van der Waals surface area contributed by atoms with Gasteiger partial charge in [-0.1, -0.05) is 35.9 Å². The van der Waals surface area contributed by atoms with Gasteiger partial charge in [0, 0.05) is 38.6 Å². The summed E-state index contributed by atoms with van der Waals surface area (Å²) in [7, 11) is 0. The number of fused-ring (bicyclic) bond motifs is 2. The minimum atomic E-state index is -0.0558. The average molecular weight is 351 g/mol. The lowest BCUT2D eigenvalue weighted by Gasteiger charge is -2.32. The van der Waals surface area contributed by atoms with Gasteiger partial charge in [0.2, 0.25) is 5.91 Å². The highest BCUT2D eigenvalue weighted by Gasteiger charge is 2.44. The third-order valence-corrected chi connectivity index (χ3v) is 5.29. The first-order valence-corrected chi connectivity index (χ1v) is 9.27. The van der Waals surface area contributed by atoms with Crippen LogP contribution in [0, 0.1) is 12.8 Å². The molecular weight excluding hydrogens is 326 g/mol. The smallest absolute Gasteiger partial charge is 0.226 e. The van der Waals surface area contributed by atoms with Crippen molar-refractivity contribution in [3.8, 4) is 0 Å². The Morgan fingerprint density at radius 2 is 2.08 bits per heavy atom. The molecule has 1 aromatic carbocycles. The van der Waals surface area contributed by atoms with Crippen LogP contribution in [0.1, 0.15) is 23.1 Å². The van der Waals surface area contributed by atoms with Crippen molar-refractivity contribution in [1.82, 2.24) is 15.2 Å². The lowest BCUT2D eigenvalue weighted by atomic mass is 9.99. The number of morpholine rings is 1. The summed E-state index contributed by atoms with van der Waals surface area (Å²) in [6, 6.07) is 12.5. The van der Waals surface area contributed by atoms with E-state index in [1.807, 2.05) is 12.1 Å². The number of rotatable bonds is 5. The Hall–Kier alpha value is -2.24. The van der Waals surface area contributed by atoms with Gasteiger partial charge in [0.05, 0.1) is 18.1 Å². The van der Waals surface area contributed by atoms with Crippen molar-refractivity contribution >= 4 is 5.91 Å². The van der Waals surface area contributed by atoms with E-state index in [-0.39, 0.29) is 24.0 Å². The van der Waals surface area contributed by atoms with Crippen molar-refractivity contribution in [2.75, 3.05) is 13.1 Å². The highest BCUT2D eigenvalue weighted by molar-refractivity contribution is 5.79. The summed E-state index contributed by atoms with van der Waals surface area (Å²) in [6.45, 7) is 5.26. The van der Waals surface area contributed by atoms with Crippen LogP contribution in [-0.2, 0) is 22.6 Å². The van der Waals surface area contributed by atoms with E-state index in [2.05, 4.69) is 46.4 Å². The van der Waals surface area contributed by atoms with Crippen LogP contribution in [-0.4, -0.2) is 41.1 Å². The lowest BCUT2D eigenvalue weighted by molar-refractivity contribution is -0.128. The number of nitrogens with zero attached hydrogens (tertiary/aromatic N) is 2. The van der Waals surface area contributed by atoms with Gasteiger partial charge in [-0.25, -0.2) is 0 Å². The maximum absolute atomic E-state index is 12.6. The molecule has 1 N–H and O–H groups in total. The molecule has 0 radical (unpaired) electrons. The zero-order chi connectivity index (χ0) is 17.9. The van der Waals surface area contributed by atoms with Gasteiger partial charge in [-0.2, -0.15) is 0 Å². The molecule has 5 nitrogen and oxygen atoms in total. The summed E-state index contributed by atoms with van der Waals surface area (Å²) in [6.07, 6.45) is 4.49. The standard InChI is InChI=1S/C21H25N3O2/c1-15-4-6-16(7-5-15)12-24-13-18-9-19(20(14-24)26-18)21(25)23-11-17-3-2-8-22-10-17/h2-8,10,18-20H,9,11-14H2,1H3,(H,23,25)/t18-,19-,20-/m0/s1. The molecule has 2 aliphatic rings.